The average Bonchev–Trinajstić information content (AvgIpc) is 2.26. The van der Waals surface area contributed by atoms with Crippen LogP contribution in [-0.2, 0) is 4.79 Å². The minimum Gasteiger partial charge on any atom is -0.481 e. The number of hydrogen-bond donors (Lipinski definition) is 2. The van der Waals surface area contributed by atoms with Crippen molar-refractivity contribution in [2.24, 2.45) is 11.8 Å². The van der Waals surface area contributed by atoms with E-state index in [1.54, 1.807) is 13.0 Å². The molecule has 4 heteroatoms. The van der Waals surface area contributed by atoms with E-state index in [0.717, 1.165) is 0 Å². The Labute approximate surface area is 93.5 Å². The van der Waals surface area contributed by atoms with Crippen LogP contribution in [0.5, 0.6) is 0 Å². The Morgan fingerprint density at radius 1 is 1.38 bits per heavy atom. The number of carboxylic acids is 1. The van der Waals surface area contributed by atoms with Crippen LogP contribution in [0.25, 0.3) is 0 Å². The fourth-order valence-electron chi connectivity index (χ4n) is 1.49. The van der Waals surface area contributed by atoms with Crippen molar-refractivity contribution < 1.29 is 19.4 Å². The second kappa shape index (κ2) is 5.07. The molecule has 0 saturated heterocycles. The topological polar surface area (TPSA) is 57.5 Å². The summed E-state index contributed by atoms with van der Waals surface area (Å²) in [7, 11) is 0. The van der Waals surface area contributed by atoms with E-state index in [4.69, 9.17) is 5.11 Å². The molecule has 0 radical (unpaired) electrons. The van der Waals surface area contributed by atoms with Gasteiger partial charge in [0.1, 0.15) is 5.82 Å². The molecule has 3 atom stereocenters. The lowest BCUT2D eigenvalue weighted by Gasteiger charge is -2.22. The maximum absolute atomic E-state index is 12.9. The van der Waals surface area contributed by atoms with Gasteiger partial charge in [-0.2, -0.15) is 0 Å². The molecule has 1 aromatic carbocycles. The van der Waals surface area contributed by atoms with Gasteiger partial charge >= 0.3 is 5.97 Å². The van der Waals surface area contributed by atoms with Crippen molar-refractivity contribution in [2.45, 2.75) is 20.0 Å². The molecule has 0 aliphatic carbocycles. The Bertz CT molecular complexity index is 378. The Morgan fingerprint density at radius 3 is 2.50 bits per heavy atom. The maximum Gasteiger partial charge on any atom is 0.306 e. The van der Waals surface area contributed by atoms with Crippen molar-refractivity contribution in [3.8, 4) is 0 Å². The minimum atomic E-state index is -0.971. The first kappa shape index (κ1) is 12.6. The van der Waals surface area contributed by atoms with Crippen molar-refractivity contribution in [1.82, 2.24) is 0 Å². The minimum absolute atomic E-state index is 0.403. The van der Waals surface area contributed by atoms with Crippen LogP contribution in [0.3, 0.4) is 0 Å². The van der Waals surface area contributed by atoms with Gasteiger partial charge in [-0.05, 0) is 23.6 Å². The first-order valence-corrected chi connectivity index (χ1v) is 5.09. The molecule has 0 aliphatic rings. The third-order valence-electron chi connectivity index (χ3n) is 2.87. The lowest BCUT2D eigenvalue weighted by atomic mass is 9.87. The van der Waals surface area contributed by atoms with Crippen molar-refractivity contribution in [2.75, 3.05) is 0 Å². The highest BCUT2D eigenvalue weighted by molar-refractivity contribution is 5.69. The van der Waals surface area contributed by atoms with Gasteiger partial charge in [0.25, 0.3) is 0 Å². The van der Waals surface area contributed by atoms with Gasteiger partial charge in [-0.1, -0.05) is 26.0 Å². The van der Waals surface area contributed by atoms with Gasteiger partial charge in [-0.25, -0.2) is 4.39 Å². The van der Waals surface area contributed by atoms with E-state index in [9.17, 15) is 14.3 Å². The molecule has 3 nitrogen and oxygen atoms in total. The number of benzene rings is 1. The summed E-state index contributed by atoms with van der Waals surface area (Å²) in [4.78, 5) is 10.8. The summed E-state index contributed by atoms with van der Waals surface area (Å²) >= 11 is 0. The lowest BCUT2D eigenvalue weighted by Crippen LogP contribution is -2.23. The molecule has 0 fully saturated rings. The molecule has 0 aliphatic heterocycles. The van der Waals surface area contributed by atoms with Crippen LogP contribution >= 0.6 is 0 Å². The smallest absolute Gasteiger partial charge is 0.306 e. The van der Waals surface area contributed by atoms with Crippen molar-refractivity contribution in [3.63, 3.8) is 0 Å². The number of carboxylic acid groups (broad SMARTS) is 1. The Kier molecular flexibility index (Phi) is 4.01. The fourth-order valence-corrected chi connectivity index (χ4v) is 1.49. The van der Waals surface area contributed by atoms with Gasteiger partial charge in [0.15, 0.2) is 0 Å². The molecule has 3 unspecified atom stereocenters. The fraction of sp³-hybridized carbons (Fsp3) is 0.417. The number of aliphatic carboxylic acids is 1. The summed E-state index contributed by atoms with van der Waals surface area (Å²) in [5.74, 6) is -2.56. The molecule has 0 aromatic heterocycles. The predicted molar refractivity (Wildman–Crippen MR) is 57.3 cm³/mol. The van der Waals surface area contributed by atoms with E-state index >= 15 is 0 Å². The second-order valence-electron chi connectivity index (χ2n) is 3.99. The number of halogens is 1. The molecule has 88 valence electrons. The Balaban J connectivity index is 2.85. The third kappa shape index (κ3) is 2.79. The largest absolute Gasteiger partial charge is 0.481 e. The summed E-state index contributed by atoms with van der Waals surface area (Å²) in [6.45, 7) is 3.16. The average molecular weight is 226 g/mol. The van der Waals surface area contributed by atoms with Crippen LogP contribution in [0.1, 0.15) is 25.5 Å². The van der Waals surface area contributed by atoms with E-state index in [1.165, 1.54) is 25.1 Å². The molecule has 1 rings (SSSR count). The Hall–Kier alpha value is -1.42. The summed E-state index contributed by atoms with van der Waals surface area (Å²) < 4.78 is 12.9. The predicted octanol–water partition coefficient (Wildman–Crippen LogP) is 2.22. The molecule has 0 saturated carbocycles. The zero-order valence-electron chi connectivity index (χ0n) is 9.22. The summed E-state index contributed by atoms with van der Waals surface area (Å²) in [6.07, 6.45) is -0.971. The second-order valence-corrected chi connectivity index (χ2v) is 3.99. The van der Waals surface area contributed by atoms with E-state index in [-0.39, 0.29) is 0 Å². The Morgan fingerprint density at radius 2 is 2.00 bits per heavy atom. The number of aliphatic hydroxyl groups excluding tert-OH is 1. The lowest BCUT2D eigenvalue weighted by molar-refractivity contribution is -0.144. The standard InChI is InChI=1S/C12H15FO3/c1-7(8(2)12(15)16)11(14)9-4-3-5-10(13)6-9/h3-8,11,14H,1-2H3,(H,15,16). The van der Waals surface area contributed by atoms with Gasteiger partial charge in [-0.15, -0.1) is 0 Å². The zero-order valence-corrected chi connectivity index (χ0v) is 9.22. The number of rotatable bonds is 4. The molecular weight excluding hydrogens is 211 g/mol. The molecule has 2 N–H and O–H groups in total. The van der Waals surface area contributed by atoms with E-state index < -0.39 is 29.7 Å². The van der Waals surface area contributed by atoms with Gasteiger partial charge < -0.3 is 10.2 Å². The summed E-state index contributed by atoms with van der Waals surface area (Å²) in [6, 6.07) is 5.57. The monoisotopic (exact) mass is 226 g/mol. The number of carbonyl (C=O) groups is 1. The molecule has 1 aromatic rings. The van der Waals surface area contributed by atoms with Crippen LogP contribution in [0, 0.1) is 17.7 Å². The van der Waals surface area contributed by atoms with Gasteiger partial charge in [0.05, 0.1) is 12.0 Å². The summed E-state index contributed by atoms with van der Waals surface area (Å²) in [5.41, 5.74) is 0.403. The highest BCUT2D eigenvalue weighted by Gasteiger charge is 2.27. The molecule has 0 heterocycles. The van der Waals surface area contributed by atoms with Crippen LogP contribution in [0.4, 0.5) is 4.39 Å². The summed E-state index contributed by atoms with van der Waals surface area (Å²) in [5, 5.41) is 18.7. The van der Waals surface area contributed by atoms with Crippen LogP contribution in [0.2, 0.25) is 0 Å². The normalized spacial score (nSPS) is 16.5. The molecule has 0 spiro atoms. The van der Waals surface area contributed by atoms with E-state index in [0.29, 0.717) is 5.56 Å². The van der Waals surface area contributed by atoms with Crippen LogP contribution in [-0.4, -0.2) is 16.2 Å². The van der Waals surface area contributed by atoms with Crippen molar-refractivity contribution >= 4 is 5.97 Å². The maximum atomic E-state index is 12.9. The van der Waals surface area contributed by atoms with Gasteiger partial charge in [0.2, 0.25) is 0 Å². The van der Waals surface area contributed by atoms with E-state index in [1.807, 2.05) is 0 Å². The SMILES string of the molecule is CC(C(=O)O)C(C)C(O)c1cccc(F)c1. The van der Waals surface area contributed by atoms with Crippen molar-refractivity contribution in [1.29, 1.82) is 0 Å². The first-order chi connectivity index (χ1) is 7.43. The first-order valence-electron chi connectivity index (χ1n) is 5.09. The third-order valence-corrected chi connectivity index (χ3v) is 2.87. The van der Waals surface area contributed by atoms with Gasteiger partial charge in [-0.3, -0.25) is 4.79 Å². The van der Waals surface area contributed by atoms with Gasteiger partial charge in [0, 0.05) is 0 Å². The van der Waals surface area contributed by atoms with Crippen LogP contribution in [0.15, 0.2) is 24.3 Å². The van der Waals surface area contributed by atoms with E-state index in [2.05, 4.69) is 0 Å². The molecule has 16 heavy (non-hydrogen) atoms. The highest BCUT2D eigenvalue weighted by Crippen LogP contribution is 2.28. The molecule has 0 amide bonds. The molecule has 0 bridgehead atoms. The van der Waals surface area contributed by atoms with Crippen LogP contribution < -0.4 is 0 Å². The number of aliphatic hydroxyl groups is 1. The quantitative estimate of drug-likeness (QED) is 0.827. The molecular formula is C12H15FO3. The zero-order chi connectivity index (χ0) is 12.3. The number of hydrogen-bond acceptors (Lipinski definition) is 2. The van der Waals surface area contributed by atoms with Crippen molar-refractivity contribution in [3.05, 3.63) is 35.6 Å². The highest BCUT2D eigenvalue weighted by atomic mass is 19.1.